The number of unbranched alkanes of at least 4 members (excludes halogenated alkanes) is 6. The molecular weight excluding hydrogens is 585 g/mol. The number of fused-ring (bicyclic) bond motifs is 2. The third-order valence-corrected chi connectivity index (χ3v) is 13.6. The van der Waals surface area contributed by atoms with Gasteiger partial charge in [-0.05, 0) is 77.9 Å². The minimum Gasteiger partial charge on any atom is -0.144 e. The lowest BCUT2D eigenvalue weighted by molar-refractivity contribution is 0.441. The van der Waals surface area contributed by atoms with Gasteiger partial charge >= 0.3 is 0 Å². The molecule has 5 rings (SSSR count). The highest BCUT2D eigenvalue weighted by atomic mass is 32.1. The molecule has 1 aromatic carbocycles. The third kappa shape index (κ3) is 7.97. The van der Waals surface area contributed by atoms with Gasteiger partial charge in [0.05, 0.1) is 4.88 Å². The van der Waals surface area contributed by atoms with Gasteiger partial charge in [0.1, 0.15) is 0 Å². The summed E-state index contributed by atoms with van der Waals surface area (Å²) in [6, 6.07) is 16.9. The fraction of sp³-hybridized carbons (Fsp3) is 0.526. The first-order chi connectivity index (χ1) is 20.6. The maximum absolute atomic E-state index is 2.48. The van der Waals surface area contributed by atoms with Crippen LogP contribution in [0.3, 0.4) is 0 Å². The van der Waals surface area contributed by atoms with Crippen molar-refractivity contribution in [3.05, 3.63) is 57.6 Å². The van der Waals surface area contributed by atoms with Crippen LogP contribution in [-0.4, -0.2) is 0 Å². The number of rotatable bonds is 18. The van der Waals surface area contributed by atoms with Crippen LogP contribution in [0.25, 0.3) is 40.4 Å². The molecule has 4 heteroatoms. The second-order valence-corrected chi connectivity index (χ2v) is 16.6. The van der Waals surface area contributed by atoms with E-state index in [9.17, 15) is 0 Å². The van der Waals surface area contributed by atoms with E-state index in [-0.39, 0.29) is 0 Å². The fourth-order valence-electron chi connectivity index (χ4n) is 6.39. The minimum atomic E-state index is 0.811. The Morgan fingerprint density at radius 2 is 1.21 bits per heavy atom. The van der Waals surface area contributed by atoms with Gasteiger partial charge in [-0.1, -0.05) is 105 Å². The number of hydrogen-bond donors (Lipinski definition) is 0. The molecule has 4 heterocycles. The first kappa shape index (κ1) is 31.9. The molecule has 42 heavy (non-hydrogen) atoms. The second-order valence-electron chi connectivity index (χ2n) is 12.3. The van der Waals surface area contributed by atoms with Crippen LogP contribution in [0.15, 0.2) is 47.8 Å². The third-order valence-electron chi connectivity index (χ3n) is 9.12. The normalized spacial score (nSPS) is 13.4. The van der Waals surface area contributed by atoms with Gasteiger partial charge in [-0.3, -0.25) is 0 Å². The van der Waals surface area contributed by atoms with Crippen LogP contribution in [0, 0.1) is 11.8 Å². The summed E-state index contributed by atoms with van der Waals surface area (Å²) in [4.78, 5) is 7.53. The van der Waals surface area contributed by atoms with Crippen LogP contribution >= 0.6 is 45.3 Å². The summed E-state index contributed by atoms with van der Waals surface area (Å²) in [5, 5.41) is 5.07. The van der Waals surface area contributed by atoms with Crippen molar-refractivity contribution in [2.45, 2.75) is 118 Å². The Kier molecular flexibility index (Phi) is 12.2. The molecule has 0 aliphatic heterocycles. The molecule has 0 spiro atoms. The maximum Gasteiger partial charge on any atom is 0.0541 e. The largest absolute Gasteiger partial charge is 0.144 e. The van der Waals surface area contributed by atoms with Crippen LogP contribution in [0.5, 0.6) is 0 Å². The van der Waals surface area contributed by atoms with Gasteiger partial charge < -0.3 is 0 Å². The zero-order valence-corrected chi connectivity index (χ0v) is 29.6. The Balaban J connectivity index is 1.42. The van der Waals surface area contributed by atoms with Crippen LogP contribution in [0.2, 0.25) is 0 Å². The van der Waals surface area contributed by atoms with Gasteiger partial charge in [0.15, 0.2) is 0 Å². The lowest BCUT2D eigenvalue weighted by Gasteiger charge is -2.13. The molecule has 0 nitrogen and oxygen atoms in total. The Morgan fingerprint density at radius 3 is 1.83 bits per heavy atom. The molecule has 226 valence electrons. The molecule has 0 saturated carbocycles. The van der Waals surface area contributed by atoms with Crippen molar-refractivity contribution < 1.29 is 0 Å². The summed E-state index contributed by atoms with van der Waals surface area (Å²) in [6.07, 6.45) is 18.8. The van der Waals surface area contributed by atoms with E-state index in [1.807, 2.05) is 22.7 Å². The molecule has 4 aromatic heterocycles. The van der Waals surface area contributed by atoms with Gasteiger partial charge in [0.2, 0.25) is 0 Å². The Bertz CT molecular complexity index is 1510. The minimum absolute atomic E-state index is 0.811. The van der Waals surface area contributed by atoms with Crippen LogP contribution in [0.1, 0.15) is 114 Å². The van der Waals surface area contributed by atoms with E-state index in [0.717, 1.165) is 11.8 Å². The highest BCUT2D eigenvalue weighted by molar-refractivity contribution is 7.27. The zero-order valence-electron chi connectivity index (χ0n) is 26.3. The van der Waals surface area contributed by atoms with Crippen LogP contribution in [0.4, 0.5) is 0 Å². The summed E-state index contributed by atoms with van der Waals surface area (Å²) < 4.78 is 2.84. The molecule has 0 fully saturated rings. The molecule has 0 radical (unpaired) electrons. The first-order valence-corrected chi connectivity index (χ1v) is 20.1. The molecule has 0 aliphatic rings. The maximum atomic E-state index is 2.48. The molecule has 0 saturated heterocycles. The zero-order chi connectivity index (χ0) is 29.3. The SMILES string of the molecule is CCCCCCC(CC)Cc1ccc(-c2sc3cc4ccsc4cc3c2-c2ccc(CC(CC)CCCCCC)s2)s1. The lowest BCUT2D eigenvalue weighted by Crippen LogP contribution is -2.02. The average Bonchev–Trinajstić information content (AvgIpc) is 3.81. The van der Waals surface area contributed by atoms with Crippen LogP contribution < -0.4 is 0 Å². The lowest BCUT2D eigenvalue weighted by atomic mass is 9.94. The van der Waals surface area contributed by atoms with E-state index in [0.29, 0.717) is 0 Å². The molecule has 5 aromatic rings. The average molecular weight is 635 g/mol. The van der Waals surface area contributed by atoms with E-state index in [2.05, 4.69) is 98.2 Å². The van der Waals surface area contributed by atoms with Crippen molar-refractivity contribution in [2.75, 3.05) is 0 Å². The summed E-state index contributed by atoms with van der Waals surface area (Å²) >= 11 is 8.00. The van der Waals surface area contributed by atoms with Gasteiger partial charge in [-0.15, -0.1) is 45.3 Å². The van der Waals surface area contributed by atoms with Crippen molar-refractivity contribution >= 4 is 65.5 Å². The summed E-state index contributed by atoms with van der Waals surface area (Å²) in [5.41, 5.74) is 1.48. The van der Waals surface area contributed by atoms with E-state index >= 15 is 0 Å². The standard InChI is InChI=1S/C38H50S4/c1-5-9-11-13-15-27(7-3)23-30-17-19-33(40-30)37-32-26-35-29(21-22-39-35)25-36(32)42-38(37)34-20-18-31(41-34)24-28(8-4)16-14-12-10-6-2/h17-22,25-28H,5-16,23-24H2,1-4H3. The predicted octanol–water partition coefficient (Wildman–Crippen LogP) is 14.7. The highest BCUT2D eigenvalue weighted by Crippen LogP contribution is 2.50. The topological polar surface area (TPSA) is 0 Å². The van der Waals surface area contributed by atoms with E-state index < -0.39 is 0 Å². The number of thiophene rings is 4. The predicted molar refractivity (Wildman–Crippen MR) is 196 cm³/mol. The number of hydrogen-bond acceptors (Lipinski definition) is 4. The van der Waals surface area contributed by atoms with E-state index in [1.54, 1.807) is 9.75 Å². The van der Waals surface area contributed by atoms with Crippen molar-refractivity contribution in [2.24, 2.45) is 11.8 Å². The Labute approximate surface area is 271 Å². The molecule has 0 bridgehead atoms. The molecule has 0 aliphatic carbocycles. The summed E-state index contributed by atoms with van der Waals surface area (Å²) in [6.45, 7) is 9.39. The molecule has 2 atom stereocenters. The Hall–Kier alpha value is -1.46. The van der Waals surface area contributed by atoms with E-state index in [1.165, 1.54) is 130 Å². The van der Waals surface area contributed by atoms with Gasteiger partial charge in [0.25, 0.3) is 0 Å². The molecule has 0 amide bonds. The van der Waals surface area contributed by atoms with Crippen molar-refractivity contribution in [3.63, 3.8) is 0 Å². The van der Waals surface area contributed by atoms with Crippen molar-refractivity contribution in [1.82, 2.24) is 0 Å². The summed E-state index contributed by atoms with van der Waals surface area (Å²) in [5.74, 6) is 1.63. The highest BCUT2D eigenvalue weighted by Gasteiger charge is 2.21. The van der Waals surface area contributed by atoms with Gasteiger partial charge in [0, 0.05) is 39.9 Å². The monoisotopic (exact) mass is 634 g/mol. The molecule has 2 unspecified atom stereocenters. The quantitative estimate of drug-likeness (QED) is 0.0841. The fourth-order valence-corrected chi connectivity index (χ4v) is 10.9. The molecular formula is C38H50S4. The van der Waals surface area contributed by atoms with Crippen molar-refractivity contribution in [1.29, 1.82) is 0 Å². The smallest absolute Gasteiger partial charge is 0.0541 e. The second kappa shape index (κ2) is 16.0. The van der Waals surface area contributed by atoms with Gasteiger partial charge in [-0.2, -0.15) is 0 Å². The number of benzene rings is 1. The summed E-state index contributed by atoms with van der Waals surface area (Å²) in [7, 11) is 0. The first-order valence-electron chi connectivity index (χ1n) is 16.7. The Morgan fingerprint density at radius 1 is 0.595 bits per heavy atom. The molecule has 0 N–H and O–H groups in total. The van der Waals surface area contributed by atoms with E-state index in [4.69, 9.17) is 0 Å². The van der Waals surface area contributed by atoms with Gasteiger partial charge in [-0.25, -0.2) is 0 Å². The van der Waals surface area contributed by atoms with Crippen molar-refractivity contribution in [3.8, 4) is 20.2 Å². The van der Waals surface area contributed by atoms with Crippen LogP contribution in [-0.2, 0) is 12.8 Å².